The molecule has 15 heavy (non-hydrogen) atoms. The van der Waals surface area contributed by atoms with E-state index in [2.05, 4.69) is 18.7 Å². The number of allylic oxidation sites excluding steroid dienone is 3. The Kier molecular flexibility index (Phi) is 3.66. The summed E-state index contributed by atoms with van der Waals surface area (Å²) < 4.78 is 0. The molecule has 2 aliphatic rings. The minimum atomic E-state index is 0.655. The van der Waals surface area contributed by atoms with Gasteiger partial charge in [0.15, 0.2) is 0 Å². The van der Waals surface area contributed by atoms with Gasteiger partial charge in [-0.15, -0.1) is 6.58 Å². The van der Waals surface area contributed by atoms with Crippen LogP contribution in [0.15, 0.2) is 24.3 Å². The minimum Gasteiger partial charge on any atom is -0.103 e. The number of rotatable bonds is 4. The van der Waals surface area contributed by atoms with Crippen LogP contribution in [-0.4, -0.2) is 0 Å². The van der Waals surface area contributed by atoms with Crippen LogP contribution in [0.1, 0.15) is 64.2 Å². The third-order valence-corrected chi connectivity index (χ3v) is 4.19. The van der Waals surface area contributed by atoms with Crippen molar-refractivity contribution in [1.29, 1.82) is 0 Å². The third kappa shape index (κ3) is 2.74. The van der Waals surface area contributed by atoms with Gasteiger partial charge >= 0.3 is 0 Å². The molecule has 0 aliphatic heterocycles. The molecule has 0 nitrogen and oxygen atoms in total. The van der Waals surface area contributed by atoms with E-state index in [1.807, 2.05) is 0 Å². The van der Waals surface area contributed by atoms with Gasteiger partial charge in [0, 0.05) is 0 Å². The van der Waals surface area contributed by atoms with E-state index in [1.165, 1.54) is 64.2 Å². The van der Waals surface area contributed by atoms with Gasteiger partial charge in [0.25, 0.3) is 0 Å². The van der Waals surface area contributed by atoms with Crippen LogP contribution in [0.2, 0.25) is 0 Å². The maximum Gasteiger partial charge on any atom is -0.0115 e. The predicted molar refractivity (Wildman–Crippen MR) is 66.9 cm³/mol. The molecule has 0 N–H and O–H groups in total. The first-order chi connectivity index (χ1) is 7.35. The Morgan fingerprint density at radius 2 is 1.93 bits per heavy atom. The minimum absolute atomic E-state index is 0.655. The lowest BCUT2D eigenvalue weighted by atomic mass is 9.74. The normalized spacial score (nSPS) is 24.1. The summed E-state index contributed by atoms with van der Waals surface area (Å²) in [4.78, 5) is 0. The fourth-order valence-electron chi connectivity index (χ4n) is 3.39. The Morgan fingerprint density at radius 3 is 2.67 bits per heavy atom. The fourth-order valence-corrected chi connectivity index (χ4v) is 3.39. The molecule has 0 aromatic rings. The molecule has 0 unspecified atom stereocenters. The molecule has 0 saturated heterocycles. The van der Waals surface area contributed by atoms with Crippen molar-refractivity contribution in [2.24, 2.45) is 5.41 Å². The highest BCUT2D eigenvalue weighted by molar-refractivity contribution is 5.15. The van der Waals surface area contributed by atoms with Crippen molar-refractivity contribution in [2.45, 2.75) is 64.2 Å². The zero-order chi connectivity index (χ0) is 10.6. The quantitative estimate of drug-likeness (QED) is 0.446. The van der Waals surface area contributed by atoms with E-state index in [0.29, 0.717) is 5.41 Å². The maximum atomic E-state index is 3.79. The van der Waals surface area contributed by atoms with Gasteiger partial charge in [-0.05, 0) is 56.8 Å². The van der Waals surface area contributed by atoms with Crippen LogP contribution in [-0.2, 0) is 0 Å². The second-order valence-electron chi connectivity index (χ2n) is 5.41. The average molecular weight is 204 g/mol. The Balaban J connectivity index is 1.92. The van der Waals surface area contributed by atoms with Gasteiger partial charge in [0.2, 0.25) is 0 Å². The van der Waals surface area contributed by atoms with Gasteiger partial charge in [-0.2, -0.15) is 0 Å². The molecule has 0 atom stereocenters. The molecule has 1 spiro atoms. The van der Waals surface area contributed by atoms with Gasteiger partial charge < -0.3 is 0 Å². The number of hydrogen-bond donors (Lipinski definition) is 0. The van der Waals surface area contributed by atoms with Crippen LogP contribution in [0.5, 0.6) is 0 Å². The van der Waals surface area contributed by atoms with Crippen molar-refractivity contribution in [3.05, 3.63) is 24.3 Å². The smallest absolute Gasteiger partial charge is 0.0115 e. The van der Waals surface area contributed by atoms with E-state index in [1.54, 1.807) is 5.57 Å². The lowest BCUT2D eigenvalue weighted by Gasteiger charge is -2.31. The van der Waals surface area contributed by atoms with Crippen molar-refractivity contribution in [2.75, 3.05) is 0 Å². The first-order valence-corrected chi connectivity index (χ1v) is 6.66. The molecule has 84 valence electrons. The van der Waals surface area contributed by atoms with Gasteiger partial charge in [0.1, 0.15) is 0 Å². The SMILES string of the molecule is C=CCCCC1=CC2(CCCC2)CCC1. The summed E-state index contributed by atoms with van der Waals surface area (Å²) in [7, 11) is 0. The molecule has 0 radical (unpaired) electrons. The first kappa shape index (κ1) is 11.0. The molecule has 0 aromatic carbocycles. The standard InChI is InChI=1S/C15H24/c1-2-3-4-8-14-9-7-12-15(13-14)10-5-6-11-15/h2,13H,1,3-12H2. The molecule has 0 bridgehead atoms. The van der Waals surface area contributed by atoms with E-state index in [0.717, 1.165) is 0 Å². The summed E-state index contributed by atoms with van der Waals surface area (Å²) in [5, 5.41) is 0. The number of unbranched alkanes of at least 4 members (excludes halogenated alkanes) is 1. The highest BCUT2D eigenvalue weighted by Gasteiger charge is 2.33. The van der Waals surface area contributed by atoms with Crippen LogP contribution in [0, 0.1) is 5.41 Å². The molecule has 2 aliphatic carbocycles. The van der Waals surface area contributed by atoms with Crippen molar-refractivity contribution in [3.8, 4) is 0 Å². The zero-order valence-electron chi connectivity index (χ0n) is 9.93. The highest BCUT2D eigenvalue weighted by Crippen LogP contribution is 2.47. The summed E-state index contributed by atoms with van der Waals surface area (Å²) in [6.07, 6.45) is 18.7. The van der Waals surface area contributed by atoms with Crippen LogP contribution in [0.3, 0.4) is 0 Å². The summed E-state index contributed by atoms with van der Waals surface area (Å²) >= 11 is 0. The maximum absolute atomic E-state index is 3.79. The number of hydrogen-bond acceptors (Lipinski definition) is 0. The van der Waals surface area contributed by atoms with E-state index >= 15 is 0 Å². The van der Waals surface area contributed by atoms with Gasteiger partial charge in [0.05, 0.1) is 0 Å². The molecular formula is C15H24. The predicted octanol–water partition coefficient (Wildman–Crippen LogP) is 5.01. The van der Waals surface area contributed by atoms with Crippen LogP contribution in [0.25, 0.3) is 0 Å². The van der Waals surface area contributed by atoms with Crippen molar-refractivity contribution < 1.29 is 0 Å². The topological polar surface area (TPSA) is 0 Å². The van der Waals surface area contributed by atoms with E-state index in [9.17, 15) is 0 Å². The van der Waals surface area contributed by atoms with Crippen LogP contribution in [0.4, 0.5) is 0 Å². The van der Waals surface area contributed by atoms with Crippen LogP contribution < -0.4 is 0 Å². The molecule has 0 amide bonds. The Labute approximate surface area is 94.5 Å². The van der Waals surface area contributed by atoms with Crippen molar-refractivity contribution in [1.82, 2.24) is 0 Å². The third-order valence-electron chi connectivity index (χ3n) is 4.19. The van der Waals surface area contributed by atoms with E-state index in [4.69, 9.17) is 0 Å². The molecule has 2 rings (SSSR count). The van der Waals surface area contributed by atoms with Gasteiger partial charge in [-0.25, -0.2) is 0 Å². The zero-order valence-corrected chi connectivity index (χ0v) is 9.93. The largest absolute Gasteiger partial charge is 0.103 e. The monoisotopic (exact) mass is 204 g/mol. The second-order valence-corrected chi connectivity index (χ2v) is 5.41. The van der Waals surface area contributed by atoms with E-state index < -0.39 is 0 Å². The van der Waals surface area contributed by atoms with Crippen molar-refractivity contribution >= 4 is 0 Å². The van der Waals surface area contributed by atoms with Crippen molar-refractivity contribution in [3.63, 3.8) is 0 Å². The summed E-state index contributed by atoms with van der Waals surface area (Å²) in [6.45, 7) is 3.79. The molecule has 0 heterocycles. The lowest BCUT2D eigenvalue weighted by molar-refractivity contribution is 0.330. The fraction of sp³-hybridized carbons (Fsp3) is 0.733. The molecule has 1 saturated carbocycles. The summed E-state index contributed by atoms with van der Waals surface area (Å²) in [6, 6.07) is 0. The summed E-state index contributed by atoms with van der Waals surface area (Å²) in [5.41, 5.74) is 2.41. The lowest BCUT2D eigenvalue weighted by Crippen LogP contribution is -2.17. The molecule has 0 aromatic heterocycles. The summed E-state index contributed by atoms with van der Waals surface area (Å²) in [5.74, 6) is 0. The van der Waals surface area contributed by atoms with Crippen LogP contribution >= 0.6 is 0 Å². The molecular weight excluding hydrogens is 180 g/mol. The van der Waals surface area contributed by atoms with Gasteiger partial charge in [-0.1, -0.05) is 30.6 Å². The highest BCUT2D eigenvalue weighted by atomic mass is 14.4. The van der Waals surface area contributed by atoms with E-state index in [-0.39, 0.29) is 0 Å². The average Bonchev–Trinajstić information content (AvgIpc) is 2.67. The first-order valence-electron chi connectivity index (χ1n) is 6.66. The second kappa shape index (κ2) is 5.01. The molecule has 0 heteroatoms. The Bertz CT molecular complexity index is 241. The van der Waals surface area contributed by atoms with Gasteiger partial charge in [-0.3, -0.25) is 0 Å². The Hall–Kier alpha value is -0.520. The molecule has 1 fully saturated rings. The Morgan fingerprint density at radius 1 is 1.20 bits per heavy atom.